The van der Waals surface area contributed by atoms with Gasteiger partial charge in [-0.1, -0.05) is 28.1 Å². The van der Waals surface area contributed by atoms with Crippen molar-refractivity contribution in [3.63, 3.8) is 0 Å². The molecule has 0 saturated heterocycles. The Morgan fingerprint density at radius 1 is 1.07 bits per heavy atom. The predicted molar refractivity (Wildman–Crippen MR) is 116 cm³/mol. The first-order valence-electron chi connectivity index (χ1n) is 8.89. The van der Waals surface area contributed by atoms with Gasteiger partial charge >= 0.3 is 0 Å². The number of halogens is 1. The molecule has 0 atom stereocenters. The van der Waals surface area contributed by atoms with Crippen LogP contribution in [0.3, 0.4) is 0 Å². The van der Waals surface area contributed by atoms with Crippen molar-refractivity contribution >= 4 is 37.5 Å². The summed E-state index contributed by atoms with van der Waals surface area (Å²) in [5, 5.41) is 0. The van der Waals surface area contributed by atoms with Crippen LogP contribution >= 0.6 is 15.9 Å². The number of rotatable bonds is 7. The monoisotopic (exact) mass is 473 g/mol. The van der Waals surface area contributed by atoms with E-state index in [1.54, 1.807) is 54.5 Å². The molecule has 6 nitrogen and oxygen atoms in total. The number of hydrogen-bond donors (Lipinski definition) is 1. The van der Waals surface area contributed by atoms with Crippen LogP contribution in [0.1, 0.15) is 16.1 Å². The highest BCUT2D eigenvalue weighted by molar-refractivity contribution is 9.10. The third-order valence-corrected chi connectivity index (χ3v) is 6.17. The first-order chi connectivity index (χ1) is 13.8. The molecule has 3 aromatic rings. The Kier molecular flexibility index (Phi) is 6.66. The van der Waals surface area contributed by atoms with Crippen molar-refractivity contribution in [3.8, 4) is 0 Å². The number of benzene rings is 2. The van der Waals surface area contributed by atoms with Crippen molar-refractivity contribution in [2.75, 3.05) is 18.3 Å². The molecule has 0 aliphatic rings. The number of sulfonamides is 1. The number of anilines is 1. The van der Waals surface area contributed by atoms with E-state index in [0.29, 0.717) is 24.2 Å². The fourth-order valence-electron chi connectivity index (χ4n) is 2.68. The molecule has 150 valence electrons. The standard InChI is InChI=1S/C21H20BrN3O3S/c1-25(14-12-18-6-2-3-13-23-18)21(26)16-5-4-7-20(15-16)29(27,28)24-19-10-8-17(22)9-11-19/h2-11,13,15,24H,12,14H2,1H3. The second-order valence-electron chi connectivity index (χ2n) is 6.44. The third kappa shape index (κ3) is 5.65. The van der Waals surface area contributed by atoms with E-state index in [4.69, 9.17) is 0 Å². The molecular formula is C21H20BrN3O3S. The molecule has 0 fully saturated rings. The zero-order valence-electron chi connectivity index (χ0n) is 15.7. The molecule has 29 heavy (non-hydrogen) atoms. The fraction of sp³-hybridized carbons (Fsp3) is 0.143. The van der Waals surface area contributed by atoms with Gasteiger partial charge in [-0.15, -0.1) is 0 Å². The summed E-state index contributed by atoms with van der Waals surface area (Å²) in [6, 6.07) is 18.5. The topological polar surface area (TPSA) is 79.4 Å². The normalized spacial score (nSPS) is 11.1. The summed E-state index contributed by atoms with van der Waals surface area (Å²) in [7, 11) is -2.12. The highest BCUT2D eigenvalue weighted by Crippen LogP contribution is 2.20. The van der Waals surface area contributed by atoms with Crippen LogP contribution in [0.25, 0.3) is 0 Å². The number of amides is 1. The van der Waals surface area contributed by atoms with E-state index < -0.39 is 10.0 Å². The van der Waals surface area contributed by atoms with Crippen molar-refractivity contribution in [2.45, 2.75) is 11.3 Å². The highest BCUT2D eigenvalue weighted by Gasteiger charge is 2.18. The van der Waals surface area contributed by atoms with Crippen LogP contribution in [0, 0.1) is 0 Å². The Labute approximate surface area is 178 Å². The maximum absolute atomic E-state index is 12.7. The van der Waals surface area contributed by atoms with Gasteiger partial charge in [0, 0.05) is 47.6 Å². The van der Waals surface area contributed by atoms with E-state index in [0.717, 1.165) is 10.2 Å². The Balaban J connectivity index is 1.72. The summed E-state index contributed by atoms with van der Waals surface area (Å²) < 4.78 is 28.7. The zero-order valence-corrected chi connectivity index (χ0v) is 18.2. The van der Waals surface area contributed by atoms with E-state index >= 15 is 0 Å². The molecule has 1 amide bonds. The minimum Gasteiger partial charge on any atom is -0.341 e. The molecule has 1 N–H and O–H groups in total. The average Bonchev–Trinajstić information content (AvgIpc) is 2.74. The van der Waals surface area contributed by atoms with Crippen molar-refractivity contribution in [3.05, 3.63) is 88.7 Å². The van der Waals surface area contributed by atoms with Crippen LogP contribution in [0.4, 0.5) is 5.69 Å². The van der Waals surface area contributed by atoms with Crippen LogP contribution in [0.5, 0.6) is 0 Å². The second kappa shape index (κ2) is 9.19. The van der Waals surface area contributed by atoms with E-state index in [1.807, 2.05) is 18.2 Å². The minimum atomic E-state index is -3.81. The summed E-state index contributed by atoms with van der Waals surface area (Å²) >= 11 is 3.31. The largest absolute Gasteiger partial charge is 0.341 e. The first kappa shape index (κ1) is 21.0. The maximum Gasteiger partial charge on any atom is 0.261 e. The Hall–Kier alpha value is -2.71. The van der Waals surface area contributed by atoms with Gasteiger partial charge < -0.3 is 4.90 Å². The number of pyridine rings is 1. The number of hydrogen-bond acceptors (Lipinski definition) is 4. The lowest BCUT2D eigenvalue weighted by Gasteiger charge is -2.17. The van der Waals surface area contributed by atoms with E-state index in [1.165, 1.54) is 12.1 Å². The van der Waals surface area contributed by atoms with Crippen LogP contribution in [-0.2, 0) is 16.4 Å². The quantitative estimate of drug-likeness (QED) is 0.562. The van der Waals surface area contributed by atoms with Crippen molar-refractivity contribution < 1.29 is 13.2 Å². The second-order valence-corrected chi connectivity index (χ2v) is 9.04. The minimum absolute atomic E-state index is 0.0318. The first-order valence-corrected chi connectivity index (χ1v) is 11.2. The Bertz CT molecular complexity index is 1090. The lowest BCUT2D eigenvalue weighted by atomic mass is 10.2. The summed E-state index contributed by atoms with van der Waals surface area (Å²) in [5.41, 5.74) is 1.65. The average molecular weight is 474 g/mol. The smallest absolute Gasteiger partial charge is 0.261 e. The van der Waals surface area contributed by atoms with Gasteiger partial charge in [-0.25, -0.2) is 8.42 Å². The number of carbonyl (C=O) groups is 1. The molecule has 0 saturated carbocycles. The lowest BCUT2D eigenvalue weighted by molar-refractivity contribution is 0.0796. The van der Waals surface area contributed by atoms with Gasteiger partial charge in [-0.2, -0.15) is 0 Å². The summed E-state index contributed by atoms with van der Waals surface area (Å²) in [4.78, 5) is 18.6. The van der Waals surface area contributed by atoms with Gasteiger partial charge in [0.2, 0.25) is 0 Å². The Morgan fingerprint density at radius 2 is 1.83 bits per heavy atom. The molecule has 0 spiro atoms. The van der Waals surface area contributed by atoms with Crippen molar-refractivity contribution in [2.24, 2.45) is 0 Å². The van der Waals surface area contributed by atoms with Gasteiger partial charge in [0.15, 0.2) is 0 Å². The predicted octanol–water partition coefficient (Wildman–Crippen LogP) is 3.96. The SMILES string of the molecule is CN(CCc1ccccn1)C(=O)c1cccc(S(=O)(=O)Nc2ccc(Br)cc2)c1. The molecular weight excluding hydrogens is 454 g/mol. The van der Waals surface area contributed by atoms with Gasteiger partial charge in [0.1, 0.15) is 0 Å². The molecule has 0 bridgehead atoms. The van der Waals surface area contributed by atoms with Crippen molar-refractivity contribution in [1.29, 1.82) is 0 Å². The third-order valence-electron chi connectivity index (χ3n) is 4.26. The molecule has 0 aliphatic heterocycles. The summed E-state index contributed by atoms with van der Waals surface area (Å²) in [5.74, 6) is -0.248. The van der Waals surface area contributed by atoms with Gasteiger partial charge in [0.25, 0.3) is 15.9 Å². The number of aromatic nitrogens is 1. The molecule has 0 unspecified atom stereocenters. The number of nitrogens with zero attached hydrogens (tertiary/aromatic N) is 2. The highest BCUT2D eigenvalue weighted by atomic mass is 79.9. The summed E-state index contributed by atoms with van der Waals surface area (Å²) in [6.45, 7) is 0.476. The van der Waals surface area contributed by atoms with E-state index in [2.05, 4.69) is 25.6 Å². The lowest BCUT2D eigenvalue weighted by Crippen LogP contribution is -2.29. The van der Waals surface area contributed by atoms with Crippen LogP contribution in [0.15, 0.2) is 82.3 Å². The molecule has 8 heteroatoms. The maximum atomic E-state index is 12.7. The number of nitrogens with one attached hydrogen (secondary N) is 1. The molecule has 1 heterocycles. The van der Waals surface area contributed by atoms with Gasteiger partial charge in [-0.3, -0.25) is 14.5 Å². The summed E-state index contributed by atoms with van der Waals surface area (Å²) in [6.07, 6.45) is 2.33. The van der Waals surface area contributed by atoms with Gasteiger partial charge in [-0.05, 0) is 54.6 Å². The van der Waals surface area contributed by atoms with E-state index in [-0.39, 0.29) is 10.8 Å². The molecule has 0 radical (unpaired) electrons. The number of likely N-dealkylation sites (N-methyl/N-ethyl adjacent to an activating group) is 1. The number of carbonyl (C=O) groups excluding carboxylic acids is 1. The van der Waals surface area contributed by atoms with Crippen molar-refractivity contribution in [1.82, 2.24) is 9.88 Å². The molecule has 1 aromatic heterocycles. The van der Waals surface area contributed by atoms with Gasteiger partial charge in [0.05, 0.1) is 4.90 Å². The van der Waals surface area contributed by atoms with Crippen LogP contribution in [0.2, 0.25) is 0 Å². The van der Waals surface area contributed by atoms with E-state index in [9.17, 15) is 13.2 Å². The van der Waals surface area contributed by atoms with Crippen LogP contribution < -0.4 is 4.72 Å². The zero-order chi connectivity index (χ0) is 20.9. The van der Waals surface area contributed by atoms with Crippen LogP contribution in [-0.4, -0.2) is 37.8 Å². The fourth-order valence-corrected chi connectivity index (χ4v) is 4.05. The molecule has 2 aromatic carbocycles. The molecule has 0 aliphatic carbocycles. The molecule has 3 rings (SSSR count). The Morgan fingerprint density at radius 3 is 2.52 bits per heavy atom.